The van der Waals surface area contributed by atoms with Gasteiger partial charge in [-0.2, -0.15) is 0 Å². The highest BCUT2D eigenvalue weighted by Gasteiger charge is 2.31. The molecule has 0 aromatic rings. The van der Waals surface area contributed by atoms with Crippen LogP contribution in [0.5, 0.6) is 0 Å². The minimum atomic E-state index is -0.373. The zero-order valence-electron chi connectivity index (χ0n) is 13.8. The summed E-state index contributed by atoms with van der Waals surface area (Å²) in [7, 11) is 0. The van der Waals surface area contributed by atoms with E-state index in [1.807, 2.05) is 11.8 Å². The number of ether oxygens (including phenoxy) is 1. The second kappa shape index (κ2) is 8.51. The van der Waals surface area contributed by atoms with Gasteiger partial charge in [0.2, 0.25) is 5.91 Å². The van der Waals surface area contributed by atoms with Gasteiger partial charge in [-0.1, -0.05) is 32.1 Å². The van der Waals surface area contributed by atoms with Crippen LogP contribution in [0.25, 0.3) is 0 Å². The van der Waals surface area contributed by atoms with Crippen LogP contribution in [0.15, 0.2) is 0 Å². The van der Waals surface area contributed by atoms with Crippen molar-refractivity contribution in [1.29, 1.82) is 0 Å². The standard InChI is InChI=1S/C17H30N2O3/c1-2-22-17(21)14-8-10-19(11-9-14)16(20)15(18)12-13-6-4-3-5-7-13/h13-15H,2-12,18H2,1H3. The first-order chi connectivity index (χ1) is 10.6. The van der Waals surface area contributed by atoms with Crippen molar-refractivity contribution < 1.29 is 14.3 Å². The van der Waals surface area contributed by atoms with Crippen LogP contribution < -0.4 is 5.73 Å². The highest BCUT2D eigenvalue weighted by Crippen LogP contribution is 2.27. The molecule has 0 spiro atoms. The van der Waals surface area contributed by atoms with Crippen LogP contribution in [0.4, 0.5) is 0 Å². The quantitative estimate of drug-likeness (QED) is 0.789. The molecule has 1 unspecified atom stereocenters. The van der Waals surface area contributed by atoms with Crippen LogP contribution in [-0.2, 0) is 14.3 Å². The van der Waals surface area contributed by atoms with E-state index >= 15 is 0 Å². The summed E-state index contributed by atoms with van der Waals surface area (Å²) in [5.41, 5.74) is 6.14. The molecule has 2 aliphatic rings. The van der Waals surface area contributed by atoms with E-state index in [9.17, 15) is 9.59 Å². The summed E-state index contributed by atoms with van der Waals surface area (Å²) in [4.78, 5) is 26.0. The summed E-state index contributed by atoms with van der Waals surface area (Å²) in [5.74, 6) is 0.498. The normalized spacial score (nSPS) is 22.4. The van der Waals surface area contributed by atoms with Gasteiger partial charge in [0.25, 0.3) is 0 Å². The molecule has 1 saturated heterocycles. The van der Waals surface area contributed by atoms with Crippen molar-refractivity contribution in [2.24, 2.45) is 17.6 Å². The highest BCUT2D eigenvalue weighted by molar-refractivity contribution is 5.82. The Morgan fingerprint density at radius 3 is 2.36 bits per heavy atom. The van der Waals surface area contributed by atoms with Crippen LogP contribution in [0.3, 0.4) is 0 Å². The van der Waals surface area contributed by atoms with Gasteiger partial charge < -0.3 is 15.4 Å². The third kappa shape index (κ3) is 4.70. The Kier molecular flexibility index (Phi) is 6.68. The summed E-state index contributed by atoms with van der Waals surface area (Å²) in [6, 6.07) is -0.373. The van der Waals surface area contributed by atoms with Crippen molar-refractivity contribution >= 4 is 11.9 Å². The second-order valence-corrected chi connectivity index (χ2v) is 6.70. The Bertz CT molecular complexity index is 372. The van der Waals surface area contributed by atoms with Gasteiger partial charge in [0, 0.05) is 13.1 Å². The summed E-state index contributed by atoms with van der Waals surface area (Å²) in [6.45, 7) is 3.49. The monoisotopic (exact) mass is 310 g/mol. The maximum absolute atomic E-state index is 12.5. The van der Waals surface area contributed by atoms with Crippen molar-refractivity contribution in [3.8, 4) is 0 Å². The van der Waals surface area contributed by atoms with Crippen LogP contribution in [0, 0.1) is 11.8 Å². The van der Waals surface area contributed by atoms with Gasteiger partial charge in [0.1, 0.15) is 0 Å². The largest absolute Gasteiger partial charge is 0.466 e. The van der Waals surface area contributed by atoms with E-state index in [1.165, 1.54) is 32.1 Å². The number of nitrogens with two attached hydrogens (primary N) is 1. The van der Waals surface area contributed by atoms with E-state index in [1.54, 1.807) is 0 Å². The number of likely N-dealkylation sites (tertiary alicyclic amines) is 1. The molecule has 1 saturated carbocycles. The molecule has 0 aromatic carbocycles. The molecule has 5 nitrogen and oxygen atoms in total. The Labute approximate surface area is 133 Å². The minimum Gasteiger partial charge on any atom is -0.466 e. The average Bonchev–Trinajstić information content (AvgIpc) is 2.55. The fourth-order valence-electron chi connectivity index (χ4n) is 3.71. The smallest absolute Gasteiger partial charge is 0.309 e. The Morgan fingerprint density at radius 1 is 1.14 bits per heavy atom. The highest BCUT2D eigenvalue weighted by atomic mass is 16.5. The Morgan fingerprint density at radius 2 is 1.77 bits per heavy atom. The predicted molar refractivity (Wildman–Crippen MR) is 85.1 cm³/mol. The lowest BCUT2D eigenvalue weighted by atomic mass is 9.84. The first kappa shape index (κ1) is 17.3. The molecule has 1 heterocycles. The van der Waals surface area contributed by atoms with Gasteiger partial charge in [-0.25, -0.2) is 0 Å². The summed E-state index contributed by atoms with van der Waals surface area (Å²) >= 11 is 0. The van der Waals surface area contributed by atoms with E-state index in [0.717, 1.165) is 6.42 Å². The molecule has 22 heavy (non-hydrogen) atoms. The zero-order valence-corrected chi connectivity index (χ0v) is 13.8. The average molecular weight is 310 g/mol. The van der Waals surface area contributed by atoms with Crippen LogP contribution in [-0.4, -0.2) is 42.5 Å². The molecule has 5 heteroatoms. The summed E-state index contributed by atoms with van der Waals surface area (Å²) in [6.07, 6.45) is 8.50. The predicted octanol–water partition coefficient (Wildman–Crippen LogP) is 2.09. The molecular formula is C17H30N2O3. The number of carbonyl (C=O) groups excluding carboxylic acids is 2. The number of hydrogen-bond donors (Lipinski definition) is 1. The first-order valence-electron chi connectivity index (χ1n) is 8.82. The van der Waals surface area contributed by atoms with Crippen LogP contribution >= 0.6 is 0 Å². The Hall–Kier alpha value is -1.10. The topological polar surface area (TPSA) is 72.6 Å². The van der Waals surface area contributed by atoms with E-state index in [4.69, 9.17) is 10.5 Å². The maximum Gasteiger partial charge on any atom is 0.309 e. The fraction of sp³-hybridized carbons (Fsp3) is 0.882. The molecule has 2 rings (SSSR count). The van der Waals surface area contributed by atoms with E-state index in [2.05, 4.69) is 0 Å². The fourth-order valence-corrected chi connectivity index (χ4v) is 3.71. The molecule has 0 aromatic heterocycles. The SMILES string of the molecule is CCOC(=O)C1CCN(C(=O)C(N)CC2CCCCC2)CC1. The van der Waals surface area contributed by atoms with Crippen LogP contribution in [0.2, 0.25) is 0 Å². The van der Waals surface area contributed by atoms with E-state index in [0.29, 0.717) is 38.5 Å². The molecule has 1 atom stereocenters. The number of piperidine rings is 1. The van der Waals surface area contributed by atoms with Gasteiger partial charge in [-0.05, 0) is 32.1 Å². The Balaban J connectivity index is 1.75. The van der Waals surface area contributed by atoms with Crippen molar-refractivity contribution in [2.75, 3.05) is 19.7 Å². The lowest BCUT2D eigenvalue weighted by molar-refractivity contribution is -0.151. The number of amides is 1. The minimum absolute atomic E-state index is 0.0569. The van der Waals surface area contributed by atoms with Crippen molar-refractivity contribution in [1.82, 2.24) is 4.90 Å². The molecule has 0 bridgehead atoms. The van der Waals surface area contributed by atoms with E-state index in [-0.39, 0.29) is 23.8 Å². The first-order valence-corrected chi connectivity index (χ1v) is 8.82. The third-order valence-electron chi connectivity index (χ3n) is 5.06. The van der Waals surface area contributed by atoms with Crippen molar-refractivity contribution in [3.63, 3.8) is 0 Å². The third-order valence-corrected chi connectivity index (χ3v) is 5.06. The zero-order chi connectivity index (χ0) is 15.9. The van der Waals surface area contributed by atoms with Crippen molar-refractivity contribution in [2.45, 2.75) is 64.3 Å². The summed E-state index contributed by atoms with van der Waals surface area (Å²) in [5, 5.41) is 0. The number of rotatable bonds is 5. The molecule has 1 amide bonds. The van der Waals surface area contributed by atoms with Crippen molar-refractivity contribution in [3.05, 3.63) is 0 Å². The molecule has 1 aliphatic carbocycles. The van der Waals surface area contributed by atoms with Gasteiger partial charge in [0.05, 0.1) is 18.6 Å². The number of carbonyl (C=O) groups is 2. The second-order valence-electron chi connectivity index (χ2n) is 6.70. The molecular weight excluding hydrogens is 280 g/mol. The maximum atomic E-state index is 12.5. The molecule has 0 radical (unpaired) electrons. The molecule has 1 aliphatic heterocycles. The van der Waals surface area contributed by atoms with Gasteiger partial charge >= 0.3 is 5.97 Å². The van der Waals surface area contributed by atoms with Gasteiger partial charge in [0.15, 0.2) is 0 Å². The lowest BCUT2D eigenvalue weighted by Crippen LogP contribution is -2.48. The summed E-state index contributed by atoms with van der Waals surface area (Å²) < 4.78 is 5.06. The van der Waals surface area contributed by atoms with E-state index < -0.39 is 0 Å². The lowest BCUT2D eigenvalue weighted by Gasteiger charge is -2.33. The molecule has 126 valence electrons. The number of esters is 1. The van der Waals surface area contributed by atoms with Gasteiger partial charge in [-0.3, -0.25) is 9.59 Å². The number of hydrogen-bond acceptors (Lipinski definition) is 4. The van der Waals surface area contributed by atoms with Crippen LogP contribution in [0.1, 0.15) is 58.3 Å². The number of nitrogens with zero attached hydrogens (tertiary/aromatic N) is 1. The molecule has 2 N–H and O–H groups in total. The molecule has 2 fully saturated rings. The van der Waals surface area contributed by atoms with Gasteiger partial charge in [-0.15, -0.1) is 0 Å².